The summed E-state index contributed by atoms with van der Waals surface area (Å²) in [6, 6.07) is 4.96. The molecule has 1 spiro atoms. The Hall–Kier alpha value is -2.89. The highest BCUT2D eigenvalue weighted by atomic mass is 35.5. The standard InChI is InChI=1S/C28H30N4O4.ClH/c29-28-14-27(15-28,16-28)25(36)31-10-8-26(9-11-31)12-18(26)5-4-17-2-1-3-19-20(17)13-32(24(19)35)21-6-7-22(33)30-23(21)34;/h1-3,18,21H,6-16,29H2,(H,30,33,34);1H/t18-,21?,27?,28?;/m0./s1. The van der Waals surface area contributed by atoms with Crippen LogP contribution in [0.3, 0.4) is 0 Å². The zero-order valence-corrected chi connectivity index (χ0v) is 21.5. The predicted molar refractivity (Wildman–Crippen MR) is 136 cm³/mol. The average Bonchev–Trinajstić information content (AvgIpc) is 3.38. The molecule has 7 aliphatic rings. The summed E-state index contributed by atoms with van der Waals surface area (Å²) in [5, 5.41) is 2.35. The lowest BCUT2D eigenvalue weighted by Gasteiger charge is -2.68. The number of halogens is 1. The van der Waals surface area contributed by atoms with Crippen LogP contribution >= 0.6 is 12.4 Å². The lowest BCUT2D eigenvalue weighted by Crippen LogP contribution is -2.76. The Labute approximate surface area is 222 Å². The van der Waals surface area contributed by atoms with Crippen LogP contribution in [-0.2, 0) is 20.9 Å². The Morgan fingerprint density at radius 2 is 1.84 bits per heavy atom. The summed E-state index contributed by atoms with van der Waals surface area (Å²) < 4.78 is 0. The third kappa shape index (κ3) is 3.62. The molecular formula is C28H31ClN4O4. The maximum absolute atomic E-state index is 13.0. The first-order chi connectivity index (χ1) is 17.2. The Morgan fingerprint density at radius 1 is 1.11 bits per heavy atom. The monoisotopic (exact) mass is 522 g/mol. The van der Waals surface area contributed by atoms with E-state index in [9.17, 15) is 19.2 Å². The quantitative estimate of drug-likeness (QED) is 0.454. The van der Waals surface area contributed by atoms with Crippen molar-refractivity contribution in [2.24, 2.45) is 22.5 Å². The number of amides is 4. The molecule has 2 saturated heterocycles. The van der Waals surface area contributed by atoms with Crippen molar-refractivity contribution in [3.05, 3.63) is 34.9 Å². The predicted octanol–water partition coefficient (Wildman–Crippen LogP) is 1.73. The van der Waals surface area contributed by atoms with E-state index < -0.39 is 11.9 Å². The molecule has 3 aliphatic heterocycles. The van der Waals surface area contributed by atoms with E-state index in [1.165, 1.54) is 0 Å². The molecule has 8 nitrogen and oxygen atoms in total. The number of nitrogens with one attached hydrogen (secondary N) is 1. The number of nitrogens with two attached hydrogens (primary N) is 1. The van der Waals surface area contributed by atoms with E-state index in [2.05, 4.69) is 22.1 Å². The van der Waals surface area contributed by atoms with Gasteiger partial charge in [0.15, 0.2) is 0 Å². The summed E-state index contributed by atoms with van der Waals surface area (Å²) in [5.74, 6) is 6.59. The van der Waals surface area contributed by atoms with E-state index >= 15 is 0 Å². The Morgan fingerprint density at radius 3 is 2.51 bits per heavy atom. The fourth-order valence-corrected chi connectivity index (χ4v) is 7.56. The number of rotatable bonds is 2. The molecule has 9 heteroatoms. The highest BCUT2D eigenvalue weighted by molar-refractivity contribution is 6.05. The van der Waals surface area contributed by atoms with Crippen molar-refractivity contribution in [1.82, 2.24) is 15.1 Å². The van der Waals surface area contributed by atoms with E-state index in [-0.39, 0.29) is 47.0 Å². The molecule has 1 unspecified atom stereocenters. The van der Waals surface area contributed by atoms with Crippen molar-refractivity contribution in [3.63, 3.8) is 0 Å². The molecule has 2 bridgehead atoms. The van der Waals surface area contributed by atoms with Crippen molar-refractivity contribution in [3.8, 4) is 11.8 Å². The number of nitrogens with zero attached hydrogens (tertiary/aromatic N) is 2. The van der Waals surface area contributed by atoms with Crippen molar-refractivity contribution in [2.75, 3.05) is 13.1 Å². The maximum atomic E-state index is 13.0. The third-order valence-electron chi connectivity index (χ3n) is 9.72. The Balaban J connectivity index is 0.00000252. The van der Waals surface area contributed by atoms with Crippen LogP contribution in [0.15, 0.2) is 18.2 Å². The third-order valence-corrected chi connectivity index (χ3v) is 9.72. The van der Waals surface area contributed by atoms with Crippen molar-refractivity contribution in [2.45, 2.75) is 69.5 Å². The van der Waals surface area contributed by atoms with Crippen LogP contribution in [0.4, 0.5) is 0 Å². The van der Waals surface area contributed by atoms with Gasteiger partial charge < -0.3 is 15.5 Å². The lowest BCUT2D eigenvalue weighted by molar-refractivity contribution is -0.185. The van der Waals surface area contributed by atoms with E-state index in [1.54, 1.807) is 11.0 Å². The smallest absolute Gasteiger partial charge is 0.255 e. The highest BCUT2D eigenvalue weighted by Gasteiger charge is 2.70. The second-order valence-electron chi connectivity index (χ2n) is 12.1. The maximum Gasteiger partial charge on any atom is 0.255 e. The van der Waals surface area contributed by atoms with Crippen LogP contribution in [0.5, 0.6) is 0 Å². The van der Waals surface area contributed by atoms with Gasteiger partial charge in [0.1, 0.15) is 6.04 Å². The molecule has 0 radical (unpaired) electrons. The van der Waals surface area contributed by atoms with Crippen LogP contribution < -0.4 is 11.1 Å². The van der Waals surface area contributed by atoms with E-state index in [1.807, 2.05) is 12.1 Å². The molecule has 2 atom stereocenters. The second-order valence-corrected chi connectivity index (χ2v) is 12.1. The topological polar surface area (TPSA) is 113 Å². The van der Waals surface area contributed by atoms with Gasteiger partial charge in [-0.3, -0.25) is 24.5 Å². The van der Waals surface area contributed by atoms with Crippen LogP contribution in [0.25, 0.3) is 0 Å². The zero-order chi connectivity index (χ0) is 24.9. The number of benzene rings is 1. The van der Waals surface area contributed by atoms with Gasteiger partial charge in [0, 0.05) is 48.6 Å². The van der Waals surface area contributed by atoms with Gasteiger partial charge >= 0.3 is 0 Å². The van der Waals surface area contributed by atoms with Gasteiger partial charge in [-0.15, -0.1) is 12.4 Å². The van der Waals surface area contributed by atoms with Gasteiger partial charge in [-0.25, -0.2) is 0 Å². The van der Waals surface area contributed by atoms with Crippen molar-refractivity contribution >= 4 is 36.0 Å². The molecule has 1 aromatic rings. The molecule has 4 saturated carbocycles. The lowest BCUT2D eigenvalue weighted by atomic mass is 9.39. The number of likely N-dealkylation sites (tertiary alicyclic amines) is 1. The number of imide groups is 1. The minimum atomic E-state index is -0.622. The molecular weight excluding hydrogens is 492 g/mol. The molecule has 8 rings (SSSR count). The number of piperidine rings is 2. The first-order valence-corrected chi connectivity index (χ1v) is 13.1. The molecule has 4 amide bonds. The minimum Gasteiger partial charge on any atom is -0.342 e. The van der Waals surface area contributed by atoms with Gasteiger partial charge in [0.25, 0.3) is 5.91 Å². The highest BCUT2D eigenvalue weighted by Crippen LogP contribution is 2.67. The molecule has 3 heterocycles. The van der Waals surface area contributed by atoms with E-state index in [4.69, 9.17) is 5.73 Å². The number of hydrogen-bond acceptors (Lipinski definition) is 5. The average molecular weight is 523 g/mol. The van der Waals surface area contributed by atoms with Crippen LogP contribution in [0.2, 0.25) is 0 Å². The molecule has 6 fully saturated rings. The number of fused-ring (bicyclic) bond motifs is 1. The van der Waals surface area contributed by atoms with Gasteiger partial charge in [-0.05, 0) is 68.1 Å². The minimum absolute atomic E-state index is 0. The van der Waals surface area contributed by atoms with Crippen LogP contribution in [0, 0.1) is 28.6 Å². The number of carbonyl (C=O) groups excluding carboxylic acids is 4. The largest absolute Gasteiger partial charge is 0.342 e. The van der Waals surface area contributed by atoms with Crippen molar-refractivity contribution in [1.29, 1.82) is 0 Å². The molecule has 194 valence electrons. The Kier molecular flexibility index (Phi) is 5.32. The fourth-order valence-electron chi connectivity index (χ4n) is 7.56. The van der Waals surface area contributed by atoms with Gasteiger partial charge in [-0.1, -0.05) is 17.9 Å². The van der Waals surface area contributed by atoms with Crippen molar-refractivity contribution < 1.29 is 19.2 Å². The first-order valence-electron chi connectivity index (χ1n) is 13.1. The molecule has 1 aromatic carbocycles. The van der Waals surface area contributed by atoms with E-state index in [0.717, 1.165) is 62.7 Å². The summed E-state index contributed by atoms with van der Waals surface area (Å²) in [7, 11) is 0. The zero-order valence-electron chi connectivity index (χ0n) is 20.7. The Bertz CT molecular complexity index is 1280. The van der Waals surface area contributed by atoms with E-state index in [0.29, 0.717) is 30.4 Å². The molecule has 37 heavy (non-hydrogen) atoms. The molecule has 0 aromatic heterocycles. The normalized spacial score (nSPS) is 34.4. The fraction of sp³-hybridized carbons (Fsp3) is 0.571. The summed E-state index contributed by atoms with van der Waals surface area (Å²) in [6.07, 6.45) is 6.23. The van der Waals surface area contributed by atoms with Gasteiger partial charge in [-0.2, -0.15) is 0 Å². The second kappa shape index (κ2) is 8.05. The summed E-state index contributed by atoms with van der Waals surface area (Å²) in [6.45, 7) is 1.96. The molecule has 4 aliphatic carbocycles. The summed E-state index contributed by atoms with van der Waals surface area (Å²) >= 11 is 0. The number of carbonyl (C=O) groups is 4. The van der Waals surface area contributed by atoms with Gasteiger partial charge in [0.2, 0.25) is 17.7 Å². The number of hydrogen-bond donors (Lipinski definition) is 2. The summed E-state index contributed by atoms with van der Waals surface area (Å²) in [5.41, 5.74) is 8.47. The first kappa shape index (κ1) is 24.4. The molecule has 3 N–H and O–H groups in total. The summed E-state index contributed by atoms with van der Waals surface area (Å²) in [4.78, 5) is 53.5. The van der Waals surface area contributed by atoms with Crippen LogP contribution in [-0.4, -0.2) is 58.1 Å². The van der Waals surface area contributed by atoms with Gasteiger partial charge in [0.05, 0.1) is 5.41 Å². The van der Waals surface area contributed by atoms with Crippen LogP contribution in [0.1, 0.15) is 72.9 Å². The SMILES string of the molecule is Cl.NC12CC(C(=O)N3CCC4(CC3)C[C@@H]4C#Cc3cccc4c3CN(C3CCC(=O)NC3=O)C4=O)(C1)C2.